The van der Waals surface area contributed by atoms with Crippen LogP contribution in [0.5, 0.6) is 0 Å². The van der Waals surface area contributed by atoms with Gasteiger partial charge in [-0.3, -0.25) is 4.79 Å². The first-order chi connectivity index (χ1) is 9.49. The number of hydrogen-bond acceptors (Lipinski definition) is 4. The summed E-state index contributed by atoms with van der Waals surface area (Å²) in [6, 6.07) is 5.64. The van der Waals surface area contributed by atoms with Crippen molar-refractivity contribution in [2.24, 2.45) is 5.92 Å². The molecule has 1 atom stereocenters. The third kappa shape index (κ3) is 3.14. The van der Waals surface area contributed by atoms with E-state index >= 15 is 0 Å². The largest absolute Gasteiger partial charge is 0.481 e. The molecular formula is C13H15ClN4O2. The lowest BCUT2D eigenvalue weighted by Gasteiger charge is -2.08. The van der Waals surface area contributed by atoms with E-state index < -0.39 is 11.9 Å². The van der Waals surface area contributed by atoms with Gasteiger partial charge in [0.1, 0.15) is 0 Å². The number of rotatable bonds is 5. The summed E-state index contributed by atoms with van der Waals surface area (Å²) in [6.45, 7) is 4.04. The average molecular weight is 295 g/mol. The van der Waals surface area contributed by atoms with Crippen LogP contribution in [0.25, 0.3) is 11.4 Å². The maximum absolute atomic E-state index is 10.8. The molecule has 7 heteroatoms. The van der Waals surface area contributed by atoms with Gasteiger partial charge in [-0.2, -0.15) is 0 Å². The minimum Gasteiger partial charge on any atom is -0.481 e. The summed E-state index contributed by atoms with van der Waals surface area (Å²) in [4.78, 5) is 10.8. The normalized spacial score (nSPS) is 12.3. The van der Waals surface area contributed by atoms with E-state index in [-0.39, 0.29) is 0 Å². The molecule has 20 heavy (non-hydrogen) atoms. The van der Waals surface area contributed by atoms with Gasteiger partial charge in [0.15, 0.2) is 5.82 Å². The van der Waals surface area contributed by atoms with Gasteiger partial charge in [0.25, 0.3) is 0 Å². The minimum absolute atomic E-state index is 0.431. The Hall–Kier alpha value is -1.95. The topological polar surface area (TPSA) is 80.9 Å². The van der Waals surface area contributed by atoms with Crippen molar-refractivity contribution in [2.45, 2.75) is 26.8 Å². The van der Waals surface area contributed by atoms with Gasteiger partial charge in [-0.05, 0) is 41.5 Å². The molecule has 0 bridgehead atoms. The lowest BCUT2D eigenvalue weighted by atomic mass is 10.1. The summed E-state index contributed by atoms with van der Waals surface area (Å²) in [6.07, 6.45) is 0.455. The van der Waals surface area contributed by atoms with Gasteiger partial charge in [-0.25, -0.2) is 4.68 Å². The number of nitrogens with zero attached hydrogens (tertiary/aromatic N) is 4. The van der Waals surface area contributed by atoms with Crippen LogP contribution in [0.1, 0.15) is 18.9 Å². The molecular weight excluding hydrogens is 280 g/mol. The molecule has 0 spiro atoms. The summed E-state index contributed by atoms with van der Waals surface area (Å²) >= 11 is 6.20. The van der Waals surface area contributed by atoms with E-state index in [1.165, 1.54) is 0 Å². The van der Waals surface area contributed by atoms with Gasteiger partial charge in [-0.15, -0.1) is 5.10 Å². The number of aliphatic carboxylic acids is 1. The molecule has 1 N–H and O–H groups in total. The van der Waals surface area contributed by atoms with Crippen LogP contribution < -0.4 is 0 Å². The Balaban J connectivity index is 2.22. The number of aromatic nitrogens is 4. The third-order valence-corrected chi connectivity index (χ3v) is 3.41. The van der Waals surface area contributed by atoms with Gasteiger partial charge in [-0.1, -0.05) is 24.6 Å². The molecule has 0 saturated heterocycles. The molecule has 1 aromatic heterocycles. The predicted molar refractivity (Wildman–Crippen MR) is 74.4 cm³/mol. The molecule has 1 unspecified atom stereocenters. The van der Waals surface area contributed by atoms with E-state index in [0.29, 0.717) is 23.8 Å². The molecule has 106 valence electrons. The van der Waals surface area contributed by atoms with E-state index in [1.807, 2.05) is 25.1 Å². The summed E-state index contributed by atoms with van der Waals surface area (Å²) in [5.74, 6) is -0.721. The van der Waals surface area contributed by atoms with Crippen molar-refractivity contribution in [3.8, 4) is 11.4 Å². The summed E-state index contributed by atoms with van der Waals surface area (Å²) in [5, 5.41) is 21.0. The van der Waals surface area contributed by atoms with Crippen molar-refractivity contribution in [1.82, 2.24) is 20.2 Å². The number of carboxylic acid groups (broad SMARTS) is 1. The summed E-state index contributed by atoms with van der Waals surface area (Å²) in [5.41, 5.74) is 1.79. The molecule has 0 fully saturated rings. The molecule has 0 radical (unpaired) electrons. The van der Waals surface area contributed by atoms with Gasteiger partial charge in [0.05, 0.1) is 10.9 Å². The zero-order valence-corrected chi connectivity index (χ0v) is 12.0. The second-order valence-corrected chi connectivity index (χ2v) is 5.14. The number of carboxylic acids is 1. The average Bonchev–Trinajstić information content (AvgIpc) is 2.84. The highest BCUT2D eigenvalue weighted by molar-refractivity contribution is 6.33. The number of benzene rings is 1. The minimum atomic E-state index is -0.826. The monoisotopic (exact) mass is 294 g/mol. The van der Waals surface area contributed by atoms with E-state index in [0.717, 1.165) is 11.1 Å². The van der Waals surface area contributed by atoms with Crippen LogP contribution in [0, 0.1) is 12.8 Å². The molecule has 1 heterocycles. The first kappa shape index (κ1) is 14.5. The van der Waals surface area contributed by atoms with Gasteiger partial charge in [0.2, 0.25) is 0 Å². The van der Waals surface area contributed by atoms with E-state index in [2.05, 4.69) is 15.5 Å². The van der Waals surface area contributed by atoms with Crippen molar-refractivity contribution >= 4 is 17.6 Å². The fourth-order valence-corrected chi connectivity index (χ4v) is 2.11. The van der Waals surface area contributed by atoms with Gasteiger partial charge < -0.3 is 5.11 Å². The Kier molecular flexibility index (Phi) is 4.34. The Morgan fingerprint density at radius 1 is 1.50 bits per heavy atom. The van der Waals surface area contributed by atoms with Crippen LogP contribution in [-0.2, 0) is 11.3 Å². The number of hydrogen-bond donors (Lipinski definition) is 1. The Morgan fingerprint density at radius 2 is 2.25 bits per heavy atom. The molecule has 0 amide bonds. The summed E-state index contributed by atoms with van der Waals surface area (Å²) < 4.78 is 1.58. The van der Waals surface area contributed by atoms with Crippen LogP contribution in [0.2, 0.25) is 5.02 Å². The van der Waals surface area contributed by atoms with E-state index in [9.17, 15) is 4.79 Å². The Morgan fingerprint density at radius 3 is 2.90 bits per heavy atom. The first-order valence-corrected chi connectivity index (χ1v) is 6.62. The quantitative estimate of drug-likeness (QED) is 0.916. The zero-order valence-electron chi connectivity index (χ0n) is 11.2. The smallest absolute Gasteiger partial charge is 0.306 e. The predicted octanol–water partition coefficient (Wildman–Crippen LogP) is 2.41. The van der Waals surface area contributed by atoms with Crippen molar-refractivity contribution in [1.29, 1.82) is 0 Å². The molecule has 1 aromatic carbocycles. The lowest BCUT2D eigenvalue weighted by molar-refractivity contribution is -0.141. The zero-order chi connectivity index (χ0) is 14.7. The fourth-order valence-electron chi connectivity index (χ4n) is 1.79. The molecule has 0 aliphatic rings. The number of aryl methyl sites for hydroxylation is 2. The van der Waals surface area contributed by atoms with E-state index in [1.54, 1.807) is 11.6 Å². The molecule has 6 nitrogen and oxygen atoms in total. The van der Waals surface area contributed by atoms with Crippen molar-refractivity contribution < 1.29 is 9.90 Å². The number of halogens is 1. The highest BCUT2D eigenvalue weighted by Gasteiger charge is 2.15. The van der Waals surface area contributed by atoms with Crippen LogP contribution in [-0.4, -0.2) is 31.3 Å². The van der Waals surface area contributed by atoms with Crippen LogP contribution in [0.15, 0.2) is 18.2 Å². The lowest BCUT2D eigenvalue weighted by Crippen LogP contribution is -2.14. The number of tetrazole rings is 1. The Bertz CT molecular complexity index is 627. The maximum Gasteiger partial charge on any atom is 0.306 e. The highest BCUT2D eigenvalue weighted by Crippen LogP contribution is 2.26. The highest BCUT2D eigenvalue weighted by atomic mass is 35.5. The first-order valence-electron chi connectivity index (χ1n) is 6.24. The molecule has 0 aliphatic carbocycles. The SMILES string of the molecule is Cc1ccc(-c2nnnn2CCC(C)C(=O)O)c(Cl)c1. The molecule has 0 aliphatic heterocycles. The van der Waals surface area contributed by atoms with Crippen LogP contribution in [0.3, 0.4) is 0 Å². The fraction of sp³-hybridized carbons (Fsp3) is 0.385. The van der Waals surface area contributed by atoms with Crippen molar-refractivity contribution in [3.63, 3.8) is 0 Å². The van der Waals surface area contributed by atoms with Crippen LogP contribution >= 0.6 is 11.6 Å². The van der Waals surface area contributed by atoms with Crippen molar-refractivity contribution in [3.05, 3.63) is 28.8 Å². The maximum atomic E-state index is 10.8. The van der Waals surface area contributed by atoms with Gasteiger partial charge >= 0.3 is 5.97 Å². The second kappa shape index (κ2) is 6.00. The molecule has 2 rings (SSSR count). The molecule has 0 saturated carbocycles. The van der Waals surface area contributed by atoms with Gasteiger partial charge in [0, 0.05) is 12.1 Å². The third-order valence-electron chi connectivity index (χ3n) is 3.09. The van der Waals surface area contributed by atoms with Crippen LogP contribution in [0.4, 0.5) is 0 Å². The Labute approximate surface area is 121 Å². The standard InChI is InChI=1S/C13H15ClN4O2/c1-8-3-4-10(11(14)7-8)12-15-16-17-18(12)6-5-9(2)13(19)20/h3-4,7,9H,5-6H2,1-2H3,(H,19,20). The van der Waals surface area contributed by atoms with E-state index in [4.69, 9.17) is 16.7 Å². The molecule has 2 aromatic rings. The van der Waals surface area contributed by atoms with Crippen molar-refractivity contribution in [2.75, 3.05) is 0 Å². The number of carbonyl (C=O) groups is 1. The summed E-state index contributed by atoms with van der Waals surface area (Å²) in [7, 11) is 0. The second-order valence-electron chi connectivity index (χ2n) is 4.74.